The average Bonchev–Trinajstić information content (AvgIpc) is 3.12. The summed E-state index contributed by atoms with van der Waals surface area (Å²) in [5, 5.41) is 6.68. The minimum absolute atomic E-state index is 0.299. The molecule has 0 unspecified atom stereocenters. The maximum Gasteiger partial charge on any atom is 0.231 e. The number of fused-ring (bicyclic) bond motifs is 1. The third-order valence-corrected chi connectivity index (χ3v) is 3.98. The predicted molar refractivity (Wildman–Crippen MR) is 100 cm³/mol. The molecule has 0 amide bonds. The number of hydrogen-bond acceptors (Lipinski definition) is 3. The van der Waals surface area contributed by atoms with Crippen LogP contribution in [0.15, 0.2) is 53.5 Å². The van der Waals surface area contributed by atoms with Gasteiger partial charge >= 0.3 is 0 Å². The molecule has 1 aliphatic rings. The molecule has 132 valence electrons. The van der Waals surface area contributed by atoms with Gasteiger partial charge in [0.2, 0.25) is 6.79 Å². The fraction of sp³-hybridized carbons (Fsp3) is 0.350. The average molecular weight is 339 g/mol. The molecule has 0 atom stereocenters. The zero-order chi connectivity index (χ0) is 17.3. The Balaban J connectivity index is 1.49. The normalized spacial score (nSPS) is 12.9. The van der Waals surface area contributed by atoms with Gasteiger partial charge in [-0.25, -0.2) is 4.99 Å². The number of rotatable bonds is 7. The molecule has 3 rings (SSSR count). The molecule has 0 saturated carbocycles. The molecule has 0 fully saturated rings. The van der Waals surface area contributed by atoms with Crippen LogP contribution in [-0.4, -0.2) is 25.8 Å². The standard InChI is InChI=1S/C20H25N3O2/c1-2-21-20(22-12-6-9-16-7-4-3-5-8-16)23-14-17-10-11-18-19(13-17)25-15-24-18/h3-5,7-8,10-11,13H,2,6,9,12,14-15H2,1H3,(H2,21,22,23). The van der Waals surface area contributed by atoms with Crippen LogP contribution in [-0.2, 0) is 13.0 Å². The summed E-state index contributed by atoms with van der Waals surface area (Å²) in [6.07, 6.45) is 2.13. The summed E-state index contributed by atoms with van der Waals surface area (Å²) in [6, 6.07) is 16.5. The lowest BCUT2D eigenvalue weighted by Crippen LogP contribution is -2.37. The molecular formula is C20H25N3O2. The fourth-order valence-electron chi connectivity index (χ4n) is 2.70. The van der Waals surface area contributed by atoms with Crippen LogP contribution in [0.25, 0.3) is 0 Å². The topological polar surface area (TPSA) is 54.9 Å². The Morgan fingerprint density at radius 1 is 1.00 bits per heavy atom. The molecule has 0 aliphatic carbocycles. The first-order valence-electron chi connectivity index (χ1n) is 8.80. The zero-order valence-electron chi connectivity index (χ0n) is 14.6. The first-order valence-corrected chi connectivity index (χ1v) is 8.80. The van der Waals surface area contributed by atoms with E-state index in [0.29, 0.717) is 13.3 Å². The van der Waals surface area contributed by atoms with Crippen molar-refractivity contribution in [3.05, 3.63) is 59.7 Å². The highest BCUT2D eigenvalue weighted by Crippen LogP contribution is 2.32. The van der Waals surface area contributed by atoms with Gasteiger partial charge in [-0.1, -0.05) is 36.4 Å². The van der Waals surface area contributed by atoms with Crippen molar-refractivity contribution in [2.75, 3.05) is 19.9 Å². The minimum Gasteiger partial charge on any atom is -0.454 e. The zero-order valence-corrected chi connectivity index (χ0v) is 14.6. The van der Waals surface area contributed by atoms with E-state index in [-0.39, 0.29) is 0 Å². The highest BCUT2D eigenvalue weighted by atomic mass is 16.7. The highest BCUT2D eigenvalue weighted by molar-refractivity contribution is 5.79. The van der Waals surface area contributed by atoms with Crippen molar-refractivity contribution >= 4 is 5.96 Å². The van der Waals surface area contributed by atoms with Crippen LogP contribution in [0.4, 0.5) is 0 Å². The first kappa shape index (κ1) is 17.1. The Kier molecular flexibility index (Phi) is 6.15. The molecule has 0 aromatic heterocycles. The number of guanidine groups is 1. The molecule has 0 radical (unpaired) electrons. The van der Waals surface area contributed by atoms with Crippen LogP contribution in [0.3, 0.4) is 0 Å². The van der Waals surface area contributed by atoms with Gasteiger partial charge in [-0.3, -0.25) is 0 Å². The van der Waals surface area contributed by atoms with Gasteiger partial charge < -0.3 is 20.1 Å². The third kappa shape index (κ3) is 5.14. The second-order valence-corrected chi connectivity index (χ2v) is 5.90. The monoisotopic (exact) mass is 339 g/mol. The molecule has 1 heterocycles. The molecule has 25 heavy (non-hydrogen) atoms. The van der Waals surface area contributed by atoms with E-state index in [1.165, 1.54) is 5.56 Å². The lowest BCUT2D eigenvalue weighted by Gasteiger charge is -2.11. The summed E-state index contributed by atoms with van der Waals surface area (Å²) in [7, 11) is 0. The molecule has 1 aliphatic heterocycles. The van der Waals surface area contributed by atoms with E-state index in [0.717, 1.165) is 49.0 Å². The van der Waals surface area contributed by atoms with E-state index in [9.17, 15) is 0 Å². The number of hydrogen-bond donors (Lipinski definition) is 2. The maximum absolute atomic E-state index is 5.41. The van der Waals surface area contributed by atoms with Gasteiger partial charge in [-0.15, -0.1) is 0 Å². The lowest BCUT2D eigenvalue weighted by molar-refractivity contribution is 0.174. The van der Waals surface area contributed by atoms with Gasteiger partial charge in [0.25, 0.3) is 0 Å². The van der Waals surface area contributed by atoms with E-state index in [1.54, 1.807) is 0 Å². The van der Waals surface area contributed by atoms with Gasteiger partial charge in [0.1, 0.15) is 0 Å². The summed E-state index contributed by atoms with van der Waals surface area (Å²) in [5.74, 6) is 2.44. The van der Waals surface area contributed by atoms with Crippen molar-refractivity contribution in [1.82, 2.24) is 10.6 Å². The smallest absolute Gasteiger partial charge is 0.231 e. The van der Waals surface area contributed by atoms with Crippen LogP contribution < -0.4 is 20.1 Å². The number of ether oxygens (including phenoxy) is 2. The number of aliphatic imine (C=N–C) groups is 1. The largest absolute Gasteiger partial charge is 0.454 e. The molecule has 0 spiro atoms. The molecule has 2 aromatic carbocycles. The summed E-state index contributed by atoms with van der Waals surface area (Å²) in [6.45, 7) is 4.70. The van der Waals surface area contributed by atoms with Gasteiger partial charge in [0.15, 0.2) is 17.5 Å². The molecule has 0 bridgehead atoms. The number of nitrogens with zero attached hydrogens (tertiary/aromatic N) is 1. The fourth-order valence-corrected chi connectivity index (χ4v) is 2.70. The van der Waals surface area contributed by atoms with E-state index < -0.39 is 0 Å². The van der Waals surface area contributed by atoms with E-state index >= 15 is 0 Å². The van der Waals surface area contributed by atoms with Crippen molar-refractivity contribution < 1.29 is 9.47 Å². The molecule has 2 N–H and O–H groups in total. The highest BCUT2D eigenvalue weighted by Gasteiger charge is 2.12. The molecular weight excluding hydrogens is 314 g/mol. The van der Waals surface area contributed by atoms with Crippen LogP contribution in [0.2, 0.25) is 0 Å². The van der Waals surface area contributed by atoms with E-state index in [1.807, 2.05) is 24.3 Å². The molecule has 5 nitrogen and oxygen atoms in total. The quantitative estimate of drug-likeness (QED) is 0.462. The summed E-state index contributed by atoms with van der Waals surface area (Å²) >= 11 is 0. The van der Waals surface area contributed by atoms with Crippen molar-refractivity contribution in [1.29, 1.82) is 0 Å². The van der Waals surface area contributed by atoms with Crippen LogP contribution in [0, 0.1) is 0 Å². The summed E-state index contributed by atoms with van der Waals surface area (Å²) < 4.78 is 10.7. The van der Waals surface area contributed by atoms with Crippen molar-refractivity contribution in [3.63, 3.8) is 0 Å². The Hall–Kier alpha value is -2.69. The molecule has 5 heteroatoms. The minimum atomic E-state index is 0.299. The number of aryl methyl sites for hydroxylation is 1. The Bertz CT molecular complexity index is 701. The van der Waals surface area contributed by atoms with Crippen molar-refractivity contribution in [3.8, 4) is 11.5 Å². The molecule has 2 aromatic rings. The third-order valence-electron chi connectivity index (χ3n) is 3.98. The first-order chi connectivity index (χ1) is 12.3. The Morgan fingerprint density at radius 3 is 2.68 bits per heavy atom. The van der Waals surface area contributed by atoms with E-state index in [4.69, 9.17) is 9.47 Å². The van der Waals surface area contributed by atoms with Gasteiger partial charge in [0, 0.05) is 13.1 Å². The van der Waals surface area contributed by atoms with Gasteiger partial charge in [-0.05, 0) is 43.0 Å². The summed E-state index contributed by atoms with van der Waals surface area (Å²) in [4.78, 5) is 4.65. The number of benzene rings is 2. The van der Waals surface area contributed by atoms with E-state index in [2.05, 4.69) is 46.8 Å². The van der Waals surface area contributed by atoms with Gasteiger partial charge in [-0.2, -0.15) is 0 Å². The van der Waals surface area contributed by atoms with Crippen LogP contribution in [0.5, 0.6) is 11.5 Å². The number of nitrogens with one attached hydrogen (secondary N) is 2. The van der Waals surface area contributed by atoms with Gasteiger partial charge in [0.05, 0.1) is 6.54 Å². The van der Waals surface area contributed by atoms with Crippen molar-refractivity contribution in [2.45, 2.75) is 26.3 Å². The van der Waals surface area contributed by atoms with Crippen molar-refractivity contribution in [2.24, 2.45) is 4.99 Å². The maximum atomic E-state index is 5.41. The predicted octanol–water partition coefficient (Wildman–Crippen LogP) is 3.10. The van der Waals surface area contributed by atoms with Crippen LogP contribution >= 0.6 is 0 Å². The summed E-state index contributed by atoms with van der Waals surface area (Å²) in [5.41, 5.74) is 2.47. The molecule has 0 saturated heterocycles. The Morgan fingerprint density at radius 2 is 1.84 bits per heavy atom. The lowest BCUT2D eigenvalue weighted by atomic mass is 10.1. The Labute approximate surface area is 149 Å². The second kappa shape index (κ2) is 8.97. The van der Waals surface area contributed by atoms with Crippen LogP contribution in [0.1, 0.15) is 24.5 Å². The SMILES string of the molecule is CCNC(=NCc1ccc2c(c1)OCO2)NCCCc1ccccc1. The second-order valence-electron chi connectivity index (χ2n) is 5.90.